The Kier molecular flexibility index (Phi) is 5.47. The lowest BCUT2D eigenvalue weighted by atomic mass is 10.3. The van der Waals surface area contributed by atoms with Gasteiger partial charge in [0.2, 0.25) is 11.6 Å². The lowest BCUT2D eigenvalue weighted by Gasteiger charge is -2.06. The maximum Gasteiger partial charge on any atom is 0.352 e. The van der Waals surface area contributed by atoms with E-state index in [2.05, 4.69) is 15.3 Å². The Labute approximate surface area is 103 Å². The molecule has 0 radical (unpaired) electrons. The van der Waals surface area contributed by atoms with Crippen LogP contribution in [-0.4, -0.2) is 33.4 Å². The summed E-state index contributed by atoms with van der Waals surface area (Å²) in [6.07, 6.45) is 5.25. The average Bonchev–Trinajstić information content (AvgIpc) is 2.28. The normalized spacial score (nSPS) is 10.2. The fraction of sp³-hybridized carbons (Fsp3) is 0.556. The van der Waals surface area contributed by atoms with E-state index in [1.54, 1.807) is 11.8 Å². The molecule has 3 N–H and O–H groups in total. The maximum atomic E-state index is 10.8. The Morgan fingerprint density at radius 3 is 2.94 bits per heavy atom. The fourth-order valence-corrected chi connectivity index (χ4v) is 1.77. The van der Waals surface area contributed by atoms with E-state index >= 15 is 0 Å². The van der Waals surface area contributed by atoms with E-state index in [1.807, 2.05) is 6.26 Å². The molecule has 17 heavy (non-hydrogen) atoms. The summed E-state index contributed by atoms with van der Waals surface area (Å²) < 4.78 is 0. The molecular weight excluding hydrogens is 242 g/mol. The van der Waals surface area contributed by atoms with Crippen molar-refractivity contribution in [1.82, 2.24) is 9.97 Å². The number of nitrogens with two attached hydrogens (primary N) is 1. The van der Waals surface area contributed by atoms with Gasteiger partial charge in [0, 0.05) is 6.54 Å². The van der Waals surface area contributed by atoms with E-state index in [0.29, 0.717) is 6.54 Å². The quantitative estimate of drug-likeness (QED) is 0.433. The molecule has 0 aromatic carbocycles. The number of nitrogens with zero attached hydrogens (tertiary/aromatic N) is 3. The van der Waals surface area contributed by atoms with Gasteiger partial charge in [-0.25, -0.2) is 9.97 Å². The third kappa shape index (κ3) is 4.06. The lowest BCUT2D eigenvalue weighted by Crippen LogP contribution is -2.09. The predicted molar refractivity (Wildman–Crippen MR) is 69.2 cm³/mol. The largest absolute Gasteiger partial charge is 0.378 e. The van der Waals surface area contributed by atoms with Crippen LogP contribution in [0, 0.1) is 10.1 Å². The molecular formula is C9H15N5O2S. The minimum absolute atomic E-state index is 0.114. The number of hydrogen-bond acceptors (Lipinski definition) is 7. The number of nitrogens with one attached hydrogen (secondary N) is 1. The summed E-state index contributed by atoms with van der Waals surface area (Å²) in [6, 6.07) is 0. The van der Waals surface area contributed by atoms with Crippen molar-refractivity contribution in [3.05, 3.63) is 16.4 Å². The third-order valence-corrected chi connectivity index (χ3v) is 2.80. The zero-order valence-electron chi connectivity index (χ0n) is 9.55. The first-order valence-electron chi connectivity index (χ1n) is 5.14. The number of aromatic nitrogens is 2. The minimum Gasteiger partial charge on any atom is -0.378 e. The van der Waals surface area contributed by atoms with E-state index in [-0.39, 0.29) is 17.3 Å². The third-order valence-electron chi connectivity index (χ3n) is 2.10. The number of anilines is 2. The van der Waals surface area contributed by atoms with Crippen molar-refractivity contribution in [3.8, 4) is 0 Å². The summed E-state index contributed by atoms with van der Waals surface area (Å²) in [5.41, 5.74) is 5.19. The molecule has 0 aliphatic carbocycles. The van der Waals surface area contributed by atoms with Crippen molar-refractivity contribution in [3.63, 3.8) is 0 Å². The molecule has 94 valence electrons. The van der Waals surface area contributed by atoms with Crippen LogP contribution in [0.25, 0.3) is 0 Å². The molecule has 1 aromatic heterocycles. The van der Waals surface area contributed by atoms with Gasteiger partial charge in [0.25, 0.3) is 0 Å². The Hall–Kier alpha value is -1.57. The van der Waals surface area contributed by atoms with Gasteiger partial charge >= 0.3 is 5.69 Å². The highest BCUT2D eigenvalue weighted by atomic mass is 32.2. The van der Waals surface area contributed by atoms with E-state index < -0.39 is 4.92 Å². The average molecular weight is 257 g/mol. The first kappa shape index (κ1) is 13.5. The monoisotopic (exact) mass is 257 g/mol. The molecule has 0 bridgehead atoms. The van der Waals surface area contributed by atoms with Gasteiger partial charge in [-0.2, -0.15) is 11.8 Å². The van der Waals surface area contributed by atoms with Crippen molar-refractivity contribution in [2.75, 3.05) is 29.6 Å². The molecule has 0 amide bonds. The highest BCUT2D eigenvalue weighted by molar-refractivity contribution is 7.98. The van der Waals surface area contributed by atoms with Crippen LogP contribution in [0.4, 0.5) is 17.3 Å². The Morgan fingerprint density at radius 2 is 2.29 bits per heavy atom. The first-order valence-corrected chi connectivity index (χ1v) is 6.54. The highest BCUT2D eigenvalue weighted by Crippen LogP contribution is 2.25. The van der Waals surface area contributed by atoms with Gasteiger partial charge in [-0.05, 0) is 24.9 Å². The van der Waals surface area contributed by atoms with Crippen molar-refractivity contribution < 1.29 is 4.92 Å². The summed E-state index contributed by atoms with van der Waals surface area (Å²) >= 11 is 1.78. The molecule has 1 heterocycles. The number of nitro groups is 1. The molecule has 0 atom stereocenters. The van der Waals surface area contributed by atoms with Crippen LogP contribution < -0.4 is 11.1 Å². The standard InChI is InChI=1S/C9H15N5O2S/c1-17-5-3-2-4-11-9-7(14(15)16)8(10)12-6-13-9/h6H,2-5H2,1H3,(H3,10,11,12,13). The van der Waals surface area contributed by atoms with Gasteiger partial charge in [0.15, 0.2) is 0 Å². The van der Waals surface area contributed by atoms with E-state index in [0.717, 1.165) is 18.6 Å². The molecule has 0 spiro atoms. The van der Waals surface area contributed by atoms with Crippen molar-refractivity contribution >= 4 is 29.1 Å². The zero-order valence-corrected chi connectivity index (χ0v) is 10.4. The highest BCUT2D eigenvalue weighted by Gasteiger charge is 2.20. The van der Waals surface area contributed by atoms with Gasteiger partial charge in [0.1, 0.15) is 6.33 Å². The topological polar surface area (TPSA) is 107 Å². The summed E-state index contributed by atoms with van der Waals surface area (Å²) in [5, 5.41) is 13.7. The molecule has 7 nitrogen and oxygen atoms in total. The van der Waals surface area contributed by atoms with Crippen molar-refractivity contribution in [1.29, 1.82) is 0 Å². The van der Waals surface area contributed by atoms with E-state index in [4.69, 9.17) is 5.73 Å². The van der Waals surface area contributed by atoms with Crippen molar-refractivity contribution in [2.24, 2.45) is 0 Å². The second-order valence-electron chi connectivity index (χ2n) is 3.34. The molecule has 1 aromatic rings. The van der Waals surface area contributed by atoms with Gasteiger partial charge in [-0.15, -0.1) is 0 Å². The van der Waals surface area contributed by atoms with Gasteiger partial charge in [0.05, 0.1) is 4.92 Å². The lowest BCUT2D eigenvalue weighted by molar-refractivity contribution is -0.383. The van der Waals surface area contributed by atoms with Crippen LogP contribution in [0.3, 0.4) is 0 Å². The van der Waals surface area contributed by atoms with E-state index in [9.17, 15) is 10.1 Å². The molecule has 0 aliphatic rings. The fourth-order valence-electron chi connectivity index (χ4n) is 1.28. The summed E-state index contributed by atoms with van der Waals surface area (Å²) in [4.78, 5) is 17.6. The Bertz CT molecular complexity index is 388. The smallest absolute Gasteiger partial charge is 0.352 e. The molecule has 0 fully saturated rings. The minimum atomic E-state index is -0.570. The van der Waals surface area contributed by atoms with Crippen LogP contribution in [0.5, 0.6) is 0 Å². The van der Waals surface area contributed by atoms with Crippen LogP contribution in [0.15, 0.2) is 6.33 Å². The number of nitrogen functional groups attached to an aromatic ring is 1. The zero-order chi connectivity index (χ0) is 12.7. The second kappa shape index (κ2) is 6.89. The molecule has 0 unspecified atom stereocenters. The van der Waals surface area contributed by atoms with Crippen LogP contribution in [-0.2, 0) is 0 Å². The second-order valence-corrected chi connectivity index (χ2v) is 4.33. The summed E-state index contributed by atoms with van der Waals surface area (Å²) in [6.45, 7) is 0.637. The first-order chi connectivity index (χ1) is 8.16. The van der Waals surface area contributed by atoms with Gasteiger partial charge < -0.3 is 11.1 Å². The number of unbranched alkanes of at least 4 members (excludes halogenated alkanes) is 1. The molecule has 8 heteroatoms. The maximum absolute atomic E-state index is 10.8. The van der Waals surface area contributed by atoms with Crippen molar-refractivity contribution in [2.45, 2.75) is 12.8 Å². The summed E-state index contributed by atoms with van der Waals surface area (Å²) in [7, 11) is 0. The van der Waals surface area contributed by atoms with Crippen LogP contribution in [0.2, 0.25) is 0 Å². The molecule has 0 saturated carbocycles. The number of hydrogen-bond donors (Lipinski definition) is 2. The molecule has 0 saturated heterocycles. The number of thioether (sulfide) groups is 1. The van der Waals surface area contributed by atoms with Crippen LogP contribution in [0.1, 0.15) is 12.8 Å². The number of rotatable bonds is 7. The summed E-state index contributed by atoms with van der Waals surface area (Å²) in [5.74, 6) is 1.15. The van der Waals surface area contributed by atoms with Gasteiger partial charge in [-0.1, -0.05) is 0 Å². The predicted octanol–water partition coefficient (Wildman–Crippen LogP) is 1.52. The Balaban J connectivity index is 2.58. The van der Waals surface area contributed by atoms with Crippen LogP contribution >= 0.6 is 11.8 Å². The van der Waals surface area contributed by atoms with Gasteiger partial charge in [-0.3, -0.25) is 10.1 Å². The molecule has 1 rings (SSSR count). The SMILES string of the molecule is CSCCCCNc1ncnc(N)c1[N+](=O)[O-]. The van der Waals surface area contributed by atoms with E-state index in [1.165, 1.54) is 6.33 Å². The Morgan fingerprint density at radius 1 is 1.53 bits per heavy atom. The molecule has 0 aliphatic heterocycles.